The number of benzene rings is 1. The van der Waals surface area contributed by atoms with Crippen LogP contribution in [0.5, 0.6) is 0 Å². The van der Waals surface area contributed by atoms with Gasteiger partial charge in [0.1, 0.15) is 6.26 Å². The summed E-state index contributed by atoms with van der Waals surface area (Å²) in [6.45, 7) is 0. The Bertz CT molecular complexity index is 448. The van der Waals surface area contributed by atoms with Crippen molar-refractivity contribution in [2.45, 2.75) is 0 Å². The van der Waals surface area contributed by atoms with Gasteiger partial charge in [-0.2, -0.15) is 0 Å². The van der Waals surface area contributed by atoms with E-state index < -0.39 is 0 Å². The zero-order chi connectivity index (χ0) is 9.10. The highest BCUT2D eigenvalue weighted by Crippen LogP contribution is 2.10. The molecular formula is C10H7NO2. The number of hydrogen-bond acceptors (Lipinski definition) is 3. The predicted octanol–water partition coefficient (Wildman–Crippen LogP) is 1.70. The lowest BCUT2D eigenvalue weighted by molar-refractivity contribution is 0.402. The van der Waals surface area contributed by atoms with Gasteiger partial charge in [0, 0.05) is 11.6 Å². The Hall–Kier alpha value is -1.90. The molecule has 0 N–H and O–H groups in total. The second kappa shape index (κ2) is 3.23. The largest absolute Gasteiger partial charge is 0.364 e. The molecule has 0 saturated carbocycles. The lowest BCUT2D eigenvalue weighted by Gasteiger charge is -1.95. The monoisotopic (exact) mass is 173 g/mol. The summed E-state index contributed by atoms with van der Waals surface area (Å²) >= 11 is 0. The van der Waals surface area contributed by atoms with Crippen molar-refractivity contribution in [3.8, 4) is 11.3 Å². The molecular weight excluding hydrogens is 166 g/mol. The second-order valence-electron chi connectivity index (χ2n) is 2.58. The number of rotatable bonds is 1. The lowest BCUT2D eigenvalue weighted by atomic mass is 10.1. The molecule has 0 aliphatic heterocycles. The quantitative estimate of drug-likeness (QED) is 0.659. The number of aromatic nitrogens is 1. The maximum atomic E-state index is 11.3. The average Bonchev–Trinajstić information content (AvgIpc) is 2.20. The fourth-order valence-electron chi connectivity index (χ4n) is 1.09. The van der Waals surface area contributed by atoms with Gasteiger partial charge in [-0.15, -0.1) is 0 Å². The highest BCUT2D eigenvalue weighted by Gasteiger charge is 2.02. The fraction of sp³-hybridized carbons (Fsp3) is 0. The number of nitrogens with zero attached hydrogens (tertiary/aromatic N) is 1. The van der Waals surface area contributed by atoms with Crippen LogP contribution in [-0.4, -0.2) is 5.16 Å². The van der Waals surface area contributed by atoms with Gasteiger partial charge in [-0.05, 0) is 0 Å². The van der Waals surface area contributed by atoms with E-state index in [1.54, 1.807) is 0 Å². The van der Waals surface area contributed by atoms with E-state index in [1.807, 2.05) is 30.3 Å². The van der Waals surface area contributed by atoms with Gasteiger partial charge in [0.05, 0.1) is 0 Å². The van der Waals surface area contributed by atoms with Crippen molar-refractivity contribution >= 4 is 0 Å². The van der Waals surface area contributed by atoms with Gasteiger partial charge in [0.25, 0.3) is 0 Å². The third-order valence-corrected chi connectivity index (χ3v) is 1.70. The highest BCUT2D eigenvalue weighted by molar-refractivity contribution is 5.57. The molecule has 3 heteroatoms. The normalized spacial score (nSPS) is 9.85. The van der Waals surface area contributed by atoms with Crippen LogP contribution in [0, 0.1) is 0 Å². The first-order valence-corrected chi connectivity index (χ1v) is 3.88. The standard InChI is InChI=1S/C10H7NO2/c12-9-6-7-13-11-10(9)8-4-2-1-3-5-8/h1-7H. The van der Waals surface area contributed by atoms with Crippen molar-refractivity contribution < 1.29 is 4.52 Å². The van der Waals surface area contributed by atoms with Gasteiger partial charge in [-0.1, -0.05) is 35.5 Å². The van der Waals surface area contributed by atoms with E-state index in [-0.39, 0.29) is 5.43 Å². The third-order valence-electron chi connectivity index (χ3n) is 1.70. The Balaban J connectivity index is 2.60. The maximum Gasteiger partial charge on any atom is 0.211 e. The molecule has 1 aromatic carbocycles. The molecule has 64 valence electrons. The zero-order valence-electron chi connectivity index (χ0n) is 6.81. The Morgan fingerprint density at radius 2 is 1.85 bits per heavy atom. The molecule has 0 spiro atoms. The van der Waals surface area contributed by atoms with Gasteiger partial charge < -0.3 is 4.52 Å². The van der Waals surface area contributed by atoms with Crippen LogP contribution in [0.2, 0.25) is 0 Å². The molecule has 0 aliphatic carbocycles. The molecule has 0 amide bonds. The van der Waals surface area contributed by atoms with Crippen LogP contribution in [0.1, 0.15) is 0 Å². The van der Waals surface area contributed by atoms with E-state index in [0.29, 0.717) is 5.69 Å². The summed E-state index contributed by atoms with van der Waals surface area (Å²) in [6.07, 6.45) is 1.27. The molecule has 3 nitrogen and oxygen atoms in total. The topological polar surface area (TPSA) is 43.1 Å². The smallest absolute Gasteiger partial charge is 0.211 e. The maximum absolute atomic E-state index is 11.3. The molecule has 0 aliphatic rings. The Kier molecular flexibility index (Phi) is 1.92. The average molecular weight is 173 g/mol. The minimum absolute atomic E-state index is 0.127. The van der Waals surface area contributed by atoms with Crippen LogP contribution >= 0.6 is 0 Å². The van der Waals surface area contributed by atoms with Crippen LogP contribution in [0.3, 0.4) is 0 Å². The summed E-state index contributed by atoms with van der Waals surface area (Å²) < 4.78 is 4.69. The van der Waals surface area contributed by atoms with Crippen molar-refractivity contribution in [1.29, 1.82) is 0 Å². The molecule has 1 heterocycles. The first-order valence-electron chi connectivity index (χ1n) is 3.88. The van der Waals surface area contributed by atoms with Crippen LogP contribution < -0.4 is 5.43 Å². The summed E-state index contributed by atoms with van der Waals surface area (Å²) in [5.41, 5.74) is 0.998. The van der Waals surface area contributed by atoms with Crippen molar-refractivity contribution in [3.05, 3.63) is 52.9 Å². The Morgan fingerprint density at radius 3 is 2.54 bits per heavy atom. The van der Waals surface area contributed by atoms with Crippen LogP contribution in [0.4, 0.5) is 0 Å². The van der Waals surface area contributed by atoms with Crippen LogP contribution in [0.25, 0.3) is 11.3 Å². The summed E-state index contributed by atoms with van der Waals surface area (Å²) in [5.74, 6) is 0. The van der Waals surface area contributed by atoms with Crippen LogP contribution in [-0.2, 0) is 0 Å². The van der Waals surface area contributed by atoms with Gasteiger partial charge in [-0.3, -0.25) is 4.79 Å². The minimum Gasteiger partial charge on any atom is -0.364 e. The molecule has 0 fully saturated rings. The van der Waals surface area contributed by atoms with E-state index in [2.05, 4.69) is 5.16 Å². The molecule has 0 saturated heterocycles. The first kappa shape index (κ1) is 7.73. The van der Waals surface area contributed by atoms with Gasteiger partial charge >= 0.3 is 0 Å². The summed E-state index contributed by atoms with van der Waals surface area (Å²) in [4.78, 5) is 11.3. The highest BCUT2D eigenvalue weighted by atomic mass is 16.4. The molecule has 0 unspecified atom stereocenters. The van der Waals surface area contributed by atoms with E-state index in [0.717, 1.165) is 5.56 Å². The first-order chi connectivity index (χ1) is 6.38. The Labute approximate surface area is 74.6 Å². The summed E-state index contributed by atoms with van der Waals surface area (Å²) in [5, 5.41) is 3.66. The summed E-state index contributed by atoms with van der Waals surface area (Å²) in [7, 11) is 0. The van der Waals surface area contributed by atoms with Gasteiger partial charge in [0.15, 0.2) is 5.69 Å². The van der Waals surface area contributed by atoms with Gasteiger partial charge in [0.2, 0.25) is 5.43 Å². The molecule has 13 heavy (non-hydrogen) atoms. The number of hydrogen-bond donors (Lipinski definition) is 0. The summed E-state index contributed by atoms with van der Waals surface area (Å²) in [6, 6.07) is 10.6. The zero-order valence-corrected chi connectivity index (χ0v) is 6.81. The third kappa shape index (κ3) is 1.49. The van der Waals surface area contributed by atoms with Crippen molar-refractivity contribution in [2.75, 3.05) is 0 Å². The fourth-order valence-corrected chi connectivity index (χ4v) is 1.09. The molecule has 0 atom stereocenters. The Morgan fingerprint density at radius 1 is 1.08 bits per heavy atom. The molecule has 2 rings (SSSR count). The van der Waals surface area contributed by atoms with E-state index in [1.165, 1.54) is 12.3 Å². The molecule has 1 aromatic heterocycles. The molecule has 2 aromatic rings. The van der Waals surface area contributed by atoms with Crippen molar-refractivity contribution in [2.24, 2.45) is 0 Å². The van der Waals surface area contributed by atoms with Gasteiger partial charge in [-0.25, -0.2) is 0 Å². The minimum atomic E-state index is -0.127. The molecule has 0 bridgehead atoms. The SMILES string of the molecule is O=c1cconc1-c1ccccc1. The van der Waals surface area contributed by atoms with Crippen molar-refractivity contribution in [3.63, 3.8) is 0 Å². The van der Waals surface area contributed by atoms with E-state index in [4.69, 9.17) is 4.52 Å². The second-order valence-corrected chi connectivity index (χ2v) is 2.58. The van der Waals surface area contributed by atoms with Crippen molar-refractivity contribution in [1.82, 2.24) is 5.16 Å². The molecule has 0 radical (unpaired) electrons. The van der Waals surface area contributed by atoms with E-state index >= 15 is 0 Å². The van der Waals surface area contributed by atoms with Crippen LogP contribution in [0.15, 0.2) is 52.0 Å². The predicted molar refractivity (Wildman–Crippen MR) is 48.2 cm³/mol. The van der Waals surface area contributed by atoms with E-state index in [9.17, 15) is 4.79 Å². The lowest BCUT2D eigenvalue weighted by Crippen LogP contribution is -2.03.